The Morgan fingerprint density at radius 3 is 2.89 bits per heavy atom. The van der Waals surface area contributed by atoms with E-state index in [-0.39, 0.29) is 11.8 Å². The van der Waals surface area contributed by atoms with Crippen LogP contribution in [0.3, 0.4) is 0 Å². The Balaban J connectivity index is 2.27. The van der Waals surface area contributed by atoms with Crippen LogP contribution in [0.5, 0.6) is 0 Å². The first-order valence-corrected chi connectivity index (χ1v) is 6.74. The normalized spacial score (nSPS) is 18.9. The molecule has 1 aromatic carbocycles. The summed E-state index contributed by atoms with van der Waals surface area (Å²) in [7, 11) is 1.51. The smallest absolute Gasteiger partial charge is 0.187 e. The Bertz CT molecular complexity index is 536. The molecule has 1 N–H and O–H groups in total. The molecule has 94 valence electrons. The van der Waals surface area contributed by atoms with Gasteiger partial charge in [-0.1, -0.05) is 51.8 Å². The second-order valence-corrected chi connectivity index (χ2v) is 5.44. The number of nitrogens with one attached hydrogen (secondary N) is 1. The van der Waals surface area contributed by atoms with Gasteiger partial charge in [0.25, 0.3) is 0 Å². The zero-order valence-corrected chi connectivity index (χ0v) is 12.3. The summed E-state index contributed by atoms with van der Waals surface area (Å²) >= 11 is 9.78. The average Bonchev–Trinajstić information content (AvgIpc) is 2.37. The molecule has 0 amide bonds. The van der Waals surface area contributed by atoms with Crippen molar-refractivity contribution < 1.29 is 4.74 Å². The fourth-order valence-corrected chi connectivity index (χ4v) is 2.65. The molecule has 0 aliphatic heterocycles. The number of methoxy groups -OCH3 is 1. The molecule has 18 heavy (non-hydrogen) atoms. The molecule has 0 radical (unpaired) electrons. The predicted octanol–water partition coefficient (Wildman–Crippen LogP) is 4.60. The van der Waals surface area contributed by atoms with E-state index >= 15 is 0 Å². The van der Waals surface area contributed by atoms with Crippen molar-refractivity contribution in [3.63, 3.8) is 0 Å². The lowest BCUT2D eigenvalue weighted by Gasteiger charge is -2.19. The molecule has 0 saturated heterocycles. The lowest BCUT2D eigenvalue weighted by molar-refractivity contribution is 0.372. The summed E-state index contributed by atoms with van der Waals surface area (Å²) < 4.78 is 5.97. The summed E-state index contributed by atoms with van der Waals surface area (Å²) in [4.78, 5) is 0. The topological polar surface area (TPSA) is 33.1 Å². The van der Waals surface area contributed by atoms with E-state index in [0.29, 0.717) is 6.42 Å². The van der Waals surface area contributed by atoms with Crippen LogP contribution in [0.25, 0.3) is 5.57 Å². The molecule has 0 spiro atoms. The van der Waals surface area contributed by atoms with Crippen molar-refractivity contribution in [1.82, 2.24) is 0 Å². The minimum absolute atomic E-state index is 0.0570. The van der Waals surface area contributed by atoms with Crippen LogP contribution in [0, 0.1) is 11.3 Å². The van der Waals surface area contributed by atoms with Gasteiger partial charge in [-0.15, -0.1) is 0 Å². The maximum atomic E-state index is 7.66. The molecule has 4 heteroatoms. The van der Waals surface area contributed by atoms with Gasteiger partial charge >= 0.3 is 0 Å². The second-order valence-electron chi connectivity index (χ2n) is 4.07. The fraction of sp³-hybridized carbons (Fsp3) is 0.214. The van der Waals surface area contributed by atoms with Gasteiger partial charge in [0.1, 0.15) is 0 Å². The molecule has 0 saturated carbocycles. The number of ether oxygens (including phenoxy) is 1. The SMILES string of the molecule is COC(=N)C1C=CC(c2cccc(Br)c2)=C(Cl)C1. The van der Waals surface area contributed by atoms with Gasteiger partial charge in [-0.05, 0) is 29.7 Å². The minimum Gasteiger partial charge on any atom is -0.484 e. The van der Waals surface area contributed by atoms with Gasteiger partial charge in [-0.25, -0.2) is 0 Å². The van der Waals surface area contributed by atoms with Crippen molar-refractivity contribution >= 4 is 39.0 Å². The fourth-order valence-electron chi connectivity index (χ4n) is 1.91. The molecular formula is C14H13BrClNO. The molecule has 1 atom stereocenters. The van der Waals surface area contributed by atoms with Crippen molar-refractivity contribution in [2.45, 2.75) is 6.42 Å². The Morgan fingerprint density at radius 1 is 1.50 bits per heavy atom. The molecule has 0 fully saturated rings. The summed E-state index contributed by atoms with van der Waals surface area (Å²) in [6.07, 6.45) is 4.55. The zero-order valence-electron chi connectivity index (χ0n) is 9.91. The van der Waals surface area contributed by atoms with Crippen molar-refractivity contribution in [3.05, 3.63) is 51.5 Å². The molecule has 1 aliphatic carbocycles. The first kappa shape index (κ1) is 13.4. The number of allylic oxidation sites excluding steroid dienone is 3. The third-order valence-corrected chi connectivity index (χ3v) is 3.73. The Kier molecular flexibility index (Phi) is 4.25. The number of benzene rings is 1. The highest BCUT2D eigenvalue weighted by Gasteiger charge is 2.20. The number of hydrogen-bond acceptors (Lipinski definition) is 2. The summed E-state index contributed by atoms with van der Waals surface area (Å²) in [5.74, 6) is 0.191. The van der Waals surface area contributed by atoms with E-state index < -0.39 is 0 Å². The predicted molar refractivity (Wildman–Crippen MR) is 78.9 cm³/mol. The number of hydrogen-bond donors (Lipinski definition) is 1. The van der Waals surface area contributed by atoms with Crippen LogP contribution in [0.15, 0.2) is 45.9 Å². The van der Waals surface area contributed by atoms with Crippen molar-refractivity contribution in [2.75, 3.05) is 7.11 Å². The highest BCUT2D eigenvalue weighted by molar-refractivity contribution is 9.10. The van der Waals surface area contributed by atoms with Crippen molar-refractivity contribution in [1.29, 1.82) is 5.41 Å². The third-order valence-electron chi connectivity index (χ3n) is 2.88. The van der Waals surface area contributed by atoms with Gasteiger partial charge in [0.2, 0.25) is 0 Å². The molecule has 0 heterocycles. The largest absolute Gasteiger partial charge is 0.484 e. The standard InChI is InChI=1S/C14H13BrClNO/c1-18-14(17)10-5-6-12(13(16)8-10)9-3-2-4-11(15)7-9/h2-7,10,17H,8H2,1H3. The van der Waals surface area contributed by atoms with Crippen LogP contribution < -0.4 is 0 Å². The van der Waals surface area contributed by atoms with E-state index in [0.717, 1.165) is 20.6 Å². The second kappa shape index (κ2) is 5.72. The maximum absolute atomic E-state index is 7.66. The molecule has 0 bridgehead atoms. The maximum Gasteiger partial charge on any atom is 0.187 e. The lowest BCUT2D eigenvalue weighted by Crippen LogP contribution is -2.15. The van der Waals surface area contributed by atoms with Gasteiger partial charge in [-0.3, -0.25) is 5.41 Å². The summed E-state index contributed by atoms with van der Waals surface area (Å²) in [6.45, 7) is 0. The molecule has 1 unspecified atom stereocenters. The molecule has 2 rings (SSSR count). The summed E-state index contributed by atoms with van der Waals surface area (Å²) in [5, 5.41) is 8.43. The van der Waals surface area contributed by atoms with Gasteiger partial charge in [0.15, 0.2) is 5.90 Å². The van der Waals surface area contributed by atoms with Gasteiger partial charge in [-0.2, -0.15) is 0 Å². The zero-order chi connectivity index (χ0) is 13.1. The number of halogens is 2. The summed E-state index contributed by atoms with van der Waals surface area (Å²) in [6, 6.07) is 8.01. The Hall–Kier alpha value is -1.06. The Morgan fingerprint density at radius 2 is 2.28 bits per heavy atom. The van der Waals surface area contributed by atoms with Crippen LogP contribution >= 0.6 is 27.5 Å². The van der Waals surface area contributed by atoms with Gasteiger partial charge < -0.3 is 4.74 Å². The lowest BCUT2D eigenvalue weighted by atomic mass is 9.92. The molecule has 1 aliphatic rings. The van der Waals surface area contributed by atoms with E-state index in [2.05, 4.69) is 15.9 Å². The van der Waals surface area contributed by atoms with E-state index in [4.69, 9.17) is 21.7 Å². The van der Waals surface area contributed by atoms with E-state index in [1.54, 1.807) is 0 Å². The highest BCUT2D eigenvalue weighted by Crippen LogP contribution is 2.33. The Labute approximate surface area is 120 Å². The molecule has 2 nitrogen and oxygen atoms in total. The first-order chi connectivity index (χ1) is 8.61. The van der Waals surface area contributed by atoms with Gasteiger partial charge in [0.05, 0.1) is 13.0 Å². The average molecular weight is 327 g/mol. The first-order valence-electron chi connectivity index (χ1n) is 5.57. The van der Waals surface area contributed by atoms with E-state index in [1.807, 2.05) is 36.4 Å². The van der Waals surface area contributed by atoms with Crippen LogP contribution in [0.4, 0.5) is 0 Å². The van der Waals surface area contributed by atoms with Crippen molar-refractivity contribution in [2.24, 2.45) is 5.92 Å². The third kappa shape index (κ3) is 2.85. The minimum atomic E-state index is -0.0570. The van der Waals surface area contributed by atoms with Crippen LogP contribution in [0.2, 0.25) is 0 Å². The van der Waals surface area contributed by atoms with E-state index in [9.17, 15) is 0 Å². The molecule has 1 aromatic rings. The van der Waals surface area contributed by atoms with E-state index in [1.165, 1.54) is 7.11 Å². The van der Waals surface area contributed by atoms with Crippen LogP contribution in [0.1, 0.15) is 12.0 Å². The summed E-state index contributed by atoms with van der Waals surface area (Å²) in [5.41, 5.74) is 2.09. The number of rotatable bonds is 2. The monoisotopic (exact) mass is 325 g/mol. The quantitative estimate of drug-likeness (QED) is 0.625. The van der Waals surface area contributed by atoms with Crippen LogP contribution in [-0.2, 0) is 4.74 Å². The molecule has 0 aromatic heterocycles. The van der Waals surface area contributed by atoms with Crippen LogP contribution in [-0.4, -0.2) is 13.0 Å². The highest BCUT2D eigenvalue weighted by atomic mass is 79.9. The molecular weight excluding hydrogens is 314 g/mol. The van der Waals surface area contributed by atoms with Gasteiger partial charge in [0, 0.05) is 9.51 Å². The van der Waals surface area contributed by atoms with Crippen molar-refractivity contribution in [3.8, 4) is 0 Å².